The molecule has 19 heavy (non-hydrogen) atoms. The van der Waals surface area contributed by atoms with Gasteiger partial charge in [0, 0.05) is 17.8 Å². The summed E-state index contributed by atoms with van der Waals surface area (Å²) in [7, 11) is 1.46. The molecule has 1 saturated carbocycles. The molecule has 0 spiro atoms. The molecule has 1 aliphatic carbocycles. The summed E-state index contributed by atoms with van der Waals surface area (Å²) < 4.78 is 18.6. The van der Waals surface area contributed by atoms with Gasteiger partial charge in [-0.15, -0.1) is 0 Å². The molecular weight excluding hydrogens is 269 g/mol. The quantitative estimate of drug-likeness (QED) is 0.798. The molecule has 0 amide bonds. The van der Waals surface area contributed by atoms with Crippen LogP contribution in [0.25, 0.3) is 0 Å². The van der Waals surface area contributed by atoms with Crippen molar-refractivity contribution < 1.29 is 9.13 Å². The van der Waals surface area contributed by atoms with Gasteiger partial charge in [0.1, 0.15) is 6.67 Å². The maximum atomic E-state index is 13.7. The largest absolute Gasteiger partial charge is 0.494 e. The van der Waals surface area contributed by atoms with Crippen LogP contribution in [0, 0.1) is 5.82 Å². The van der Waals surface area contributed by atoms with Crippen molar-refractivity contribution in [1.82, 2.24) is 4.90 Å². The van der Waals surface area contributed by atoms with E-state index in [-0.39, 0.29) is 11.6 Å². The Morgan fingerprint density at radius 2 is 2.21 bits per heavy atom. The van der Waals surface area contributed by atoms with Crippen LogP contribution in [0.15, 0.2) is 23.2 Å². The third-order valence-electron chi connectivity index (χ3n) is 3.42. The molecule has 6 heteroatoms. The zero-order valence-corrected chi connectivity index (χ0v) is 11.4. The molecule has 0 bridgehead atoms. The fourth-order valence-corrected chi connectivity index (χ4v) is 2.43. The lowest BCUT2D eigenvalue weighted by molar-refractivity contribution is 0.383. The Labute approximate surface area is 116 Å². The van der Waals surface area contributed by atoms with E-state index in [0.717, 1.165) is 18.5 Å². The van der Waals surface area contributed by atoms with Crippen LogP contribution in [-0.4, -0.2) is 36.7 Å². The molecule has 0 N–H and O–H groups in total. The fourth-order valence-electron chi connectivity index (χ4n) is 2.19. The number of amidine groups is 1. The van der Waals surface area contributed by atoms with Gasteiger partial charge in [-0.1, -0.05) is 0 Å². The Hall–Kier alpha value is -1.49. The number of rotatable bonds is 3. The summed E-state index contributed by atoms with van der Waals surface area (Å²) in [6, 6.07) is 5.43. The first-order valence-corrected chi connectivity index (χ1v) is 6.62. The third kappa shape index (κ3) is 2.47. The number of methoxy groups -OCH3 is 1. The van der Waals surface area contributed by atoms with E-state index in [9.17, 15) is 4.39 Å². The zero-order valence-electron chi connectivity index (χ0n) is 10.6. The molecule has 1 aromatic rings. The van der Waals surface area contributed by atoms with Crippen molar-refractivity contribution in [2.45, 2.75) is 18.9 Å². The van der Waals surface area contributed by atoms with Gasteiger partial charge < -0.3 is 14.5 Å². The number of nitrogens with zero attached hydrogens (tertiary/aromatic N) is 3. The van der Waals surface area contributed by atoms with Crippen molar-refractivity contribution in [2.24, 2.45) is 4.99 Å². The fraction of sp³-hybridized carbons (Fsp3) is 0.462. The van der Waals surface area contributed by atoms with E-state index in [1.807, 2.05) is 11.0 Å². The minimum atomic E-state index is -0.362. The van der Waals surface area contributed by atoms with Crippen molar-refractivity contribution in [3.8, 4) is 5.75 Å². The minimum Gasteiger partial charge on any atom is -0.494 e. The highest BCUT2D eigenvalue weighted by atomic mass is 35.5. The van der Waals surface area contributed by atoms with Gasteiger partial charge >= 0.3 is 0 Å². The average molecular weight is 284 g/mol. The lowest BCUT2D eigenvalue weighted by Gasteiger charge is -2.35. The molecule has 4 nitrogen and oxygen atoms in total. The van der Waals surface area contributed by atoms with Gasteiger partial charge in [-0.05, 0) is 36.6 Å². The zero-order chi connectivity index (χ0) is 13.4. The van der Waals surface area contributed by atoms with Gasteiger partial charge in [0.15, 0.2) is 16.9 Å². The molecular formula is C13H15ClFN3O. The topological polar surface area (TPSA) is 28.1 Å². The van der Waals surface area contributed by atoms with Gasteiger partial charge in [-0.2, -0.15) is 0 Å². The maximum Gasteiger partial charge on any atom is 0.197 e. The van der Waals surface area contributed by atoms with E-state index in [1.165, 1.54) is 13.2 Å². The van der Waals surface area contributed by atoms with E-state index in [4.69, 9.17) is 16.3 Å². The summed E-state index contributed by atoms with van der Waals surface area (Å²) >= 11 is 6.10. The number of halogens is 2. The summed E-state index contributed by atoms with van der Waals surface area (Å²) in [4.78, 5) is 8.34. The van der Waals surface area contributed by atoms with Crippen LogP contribution in [0.5, 0.6) is 5.75 Å². The molecule has 0 unspecified atom stereocenters. The van der Waals surface area contributed by atoms with E-state index < -0.39 is 0 Å². The number of hydrogen-bond acceptors (Lipinski definition) is 4. The molecule has 0 radical (unpaired) electrons. The summed E-state index contributed by atoms with van der Waals surface area (Å²) in [5, 5.41) is 0.563. The Balaban J connectivity index is 1.81. The predicted octanol–water partition coefficient (Wildman–Crippen LogP) is 2.63. The average Bonchev–Trinajstić information content (AvgIpc) is 3.23. The van der Waals surface area contributed by atoms with E-state index in [0.29, 0.717) is 24.7 Å². The molecule has 102 valence electrons. The first-order chi connectivity index (χ1) is 9.19. The molecule has 2 aliphatic rings. The number of hydrogen-bond donors (Lipinski definition) is 0. The smallest absolute Gasteiger partial charge is 0.197 e. The predicted molar refractivity (Wildman–Crippen MR) is 73.3 cm³/mol. The van der Waals surface area contributed by atoms with Crippen molar-refractivity contribution in [3.05, 3.63) is 24.0 Å². The van der Waals surface area contributed by atoms with Crippen LogP contribution in [0.2, 0.25) is 0 Å². The monoisotopic (exact) mass is 283 g/mol. The SMILES string of the molecule is COc1ccc(N2CN=C(Cl)N(C3CC3)C2)cc1F. The Morgan fingerprint density at radius 3 is 2.84 bits per heavy atom. The lowest BCUT2D eigenvalue weighted by atomic mass is 10.2. The van der Waals surface area contributed by atoms with Crippen LogP contribution < -0.4 is 9.64 Å². The highest BCUT2D eigenvalue weighted by Gasteiger charge is 2.33. The van der Waals surface area contributed by atoms with Crippen LogP contribution in [0.3, 0.4) is 0 Å². The summed E-state index contributed by atoms with van der Waals surface area (Å²) in [6.45, 7) is 1.10. The van der Waals surface area contributed by atoms with Crippen LogP contribution >= 0.6 is 11.6 Å². The number of benzene rings is 1. The first kappa shape index (κ1) is 12.5. The molecule has 0 atom stereocenters. The second kappa shape index (κ2) is 4.89. The molecule has 0 aromatic heterocycles. The molecule has 0 saturated heterocycles. The summed E-state index contributed by atoms with van der Waals surface area (Å²) in [5.41, 5.74) is 0.789. The second-order valence-corrected chi connectivity index (χ2v) is 5.11. The number of aliphatic imine (C=N–C) groups is 1. The first-order valence-electron chi connectivity index (χ1n) is 6.24. The van der Waals surface area contributed by atoms with Crippen molar-refractivity contribution in [3.63, 3.8) is 0 Å². The number of anilines is 1. The van der Waals surface area contributed by atoms with Gasteiger partial charge in [0.2, 0.25) is 0 Å². The standard InChI is InChI=1S/C13H15ClFN3O/c1-19-12-5-4-10(6-11(12)15)17-7-16-13(14)18(8-17)9-2-3-9/h4-6,9H,2-3,7-8H2,1H3. The maximum absolute atomic E-state index is 13.7. The molecule has 1 fully saturated rings. The minimum absolute atomic E-state index is 0.251. The Kier molecular flexibility index (Phi) is 3.22. The Bertz CT molecular complexity index is 519. The summed E-state index contributed by atoms with van der Waals surface area (Å²) in [5.74, 6) is -0.111. The highest BCUT2D eigenvalue weighted by molar-refractivity contribution is 6.64. The number of ether oxygens (including phenoxy) is 1. The van der Waals surface area contributed by atoms with Gasteiger partial charge in [0.05, 0.1) is 13.8 Å². The van der Waals surface area contributed by atoms with Crippen molar-refractivity contribution >= 4 is 22.6 Å². The third-order valence-corrected chi connectivity index (χ3v) is 3.76. The molecule has 1 aromatic carbocycles. The van der Waals surface area contributed by atoms with Crippen molar-refractivity contribution in [2.75, 3.05) is 25.3 Å². The molecule has 1 aliphatic heterocycles. The lowest BCUT2D eigenvalue weighted by Crippen LogP contribution is -2.45. The van der Waals surface area contributed by atoms with Crippen LogP contribution in [0.4, 0.5) is 10.1 Å². The van der Waals surface area contributed by atoms with Gasteiger partial charge in [-0.25, -0.2) is 9.38 Å². The normalized spacial score (nSPS) is 19.4. The molecule has 3 rings (SSSR count). The van der Waals surface area contributed by atoms with Gasteiger partial charge in [0.25, 0.3) is 0 Å². The van der Waals surface area contributed by atoms with Gasteiger partial charge in [-0.3, -0.25) is 0 Å². The van der Waals surface area contributed by atoms with E-state index in [1.54, 1.807) is 6.07 Å². The summed E-state index contributed by atoms with van der Waals surface area (Å²) in [6.07, 6.45) is 2.30. The van der Waals surface area contributed by atoms with Crippen LogP contribution in [0.1, 0.15) is 12.8 Å². The molecule has 1 heterocycles. The highest BCUT2D eigenvalue weighted by Crippen LogP contribution is 2.31. The second-order valence-electron chi connectivity index (χ2n) is 4.77. The van der Waals surface area contributed by atoms with E-state index >= 15 is 0 Å². The van der Waals surface area contributed by atoms with Crippen LogP contribution in [-0.2, 0) is 0 Å². The van der Waals surface area contributed by atoms with E-state index in [2.05, 4.69) is 9.89 Å². The van der Waals surface area contributed by atoms with Crippen molar-refractivity contribution in [1.29, 1.82) is 0 Å². The Morgan fingerprint density at radius 1 is 1.42 bits per heavy atom.